The van der Waals surface area contributed by atoms with Gasteiger partial charge in [-0.15, -0.1) is 11.8 Å². The van der Waals surface area contributed by atoms with Crippen molar-refractivity contribution < 1.29 is 9.90 Å². The summed E-state index contributed by atoms with van der Waals surface area (Å²) in [4.78, 5) is 11.0. The molecule has 1 atom stereocenters. The van der Waals surface area contributed by atoms with Gasteiger partial charge in [-0.3, -0.25) is 4.79 Å². The van der Waals surface area contributed by atoms with Crippen molar-refractivity contribution in [2.24, 2.45) is 5.92 Å². The van der Waals surface area contributed by atoms with Crippen molar-refractivity contribution in [2.45, 2.75) is 50.0 Å². The normalized spacial score (nSPS) is 20.8. The Morgan fingerprint density at radius 3 is 2.31 bits per heavy atom. The van der Waals surface area contributed by atoms with Gasteiger partial charge in [0.05, 0.1) is 0 Å². The van der Waals surface area contributed by atoms with Gasteiger partial charge in [0.25, 0.3) is 0 Å². The summed E-state index contributed by atoms with van der Waals surface area (Å²) in [6.07, 6.45) is 4.65. The third-order valence-corrected chi connectivity index (χ3v) is 3.91. The van der Waals surface area contributed by atoms with Crippen LogP contribution < -0.4 is 0 Å². The summed E-state index contributed by atoms with van der Waals surface area (Å²) >= 11 is 1.61. The van der Waals surface area contributed by atoms with E-state index in [0.717, 1.165) is 12.8 Å². The molecule has 1 rings (SSSR count). The zero-order chi connectivity index (χ0) is 9.84. The summed E-state index contributed by atoms with van der Waals surface area (Å²) in [6.45, 7) is 4.13. The van der Waals surface area contributed by atoms with Crippen molar-refractivity contribution in [3.05, 3.63) is 0 Å². The van der Waals surface area contributed by atoms with Crippen molar-refractivity contribution in [2.75, 3.05) is 0 Å². The van der Waals surface area contributed by atoms with Crippen molar-refractivity contribution in [3.63, 3.8) is 0 Å². The maximum absolute atomic E-state index is 11.0. The second-order valence-electron chi connectivity index (χ2n) is 3.99. The van der Waals surface area contributed by atoms with Gasteiger partial charge in [0, 0.05) is 0 Å². The van der Waals surface area contributed by atoms with Crippen LogP contribution in [-0.4, -0.2) is 21.6 Å². The summed E-state index contributed by atoms with van der Waals surface area (Å²) in [7, 11) is 0. The average molecular weight is 202 g/mol. The fourth-order valence-corrected chi connectivity index (χ4v) is 3.12. The lowest BCUT2D eigenvalue weighted by molar-refractivity contribution is -0.137. The molecule has 3 heteroatoms. The van der Waals surface area contributed by atoms with Crippen molar-refractivity contribution in [1.82, 2.24) is 0 Å². The Morgan fingerprint density at radius 2 is 1.92 bits per heavy atom. The van der Waals surface area contributed by atoms with Crippen molar-refractivity contribution in [3.8, 4) is 0 Å². The van der Waals surface area contributed by atoms with E-state index in [1.807, 2.05) is 0 Å². The third-order valence-electron chi connectivity index (χ3n) is 2.49. The maximum atomic E-state index is 11.0. The molecule has 0 saturated heterocycles. The molecule has 76 valence electrons. The first-order valence-corrected chi connectivity index (χ1v) is 5.94. The zero-order valence-corrected chi connectivity index (χ0v) is 9.14. The van der Waals surface area contributed by atoms with E-state index in [1.54, 1.807) is 11.8 Å². The Kier molecular flexibility index (Phi) is 4.10. The molecule has 1 saturated carbocycles. The van der Waals surface area contributed by atoms with Crippen molar-refractivity contribution >= 4 is 17.7 Å². The maximum Gasteiger partial charge on any atom is 0.316 e. The van der Waals surface area contributed by atoms with Gasteiger partial charge >= 0.3 is 5.97 Å². The number of carboxylic acid groups (broad SMARTS) is 1. The first-order chi connectivity index (χ1) is 6.11. The first kappa shape index (κ1) is 10.9. The fraction of sp³-hybridized carbons (Fsp3) is 0.900. The van der Waals surface area contributed by atoms with Crippen LogP contribution in [0.3, 0.4) is 0 Å². The molecule has 0 amide bonds. The van der Waals surface area contributed by atoms with E-state index in [4.69, 9.17) is 5.11 Å². The van der Waals surface area contributed by atoms with E-state index in [1.165, 1.54) is 12.8 Å². The molecule has 13 heavy (non-hydrogen) atoms. The SMILES string of the molecule is CC(C)SC(C(=O)O)C1CCCC1. The van der Waals surface area contributed by atoms with Gasteiger partial charge in [-0.25, -0.2) is 0 Å². The highest BCUT2D eigenvalue weighted by atomic mass is 32.2. The van der Waals surface area contributed by atoms with E-state index >= 15 is 0 Å². The Balaban J connectivity index is 2.50. The molecule has 1 aliphatic rings. The number of hydrogen-bond acceptors (Lipinski definition) is 2. The number of aliphatic carboxylic acids is 1. The average Bonchev–Trinajstić information content (AvgIpc) is 2.50. The fourth-order valence-electron chi connectivity index (χ4n) is 1.92. The Morgan fingerprint density at radius 1 is 1.38 bits per heavy atom. The van der Waals surface area contributed by atoms with Gasteiger partial charge in [-0.2, -0.15) is 0 Å². The highest BCUT2D eigenvalue weighted by molar-refractivity contribution is 8.01. The minimum absolute atomic E-state index is 0.164. The lowest BCUT2D eigenvalue weighted by Gasteiger charge is -2.20. The van der Waals surface area contributed by atoms with Crippen molar-refractivity contribution in [1.29, 1.82) is 0 Å². The summed E-state index contributed by atoms with van der Waals surface area (Å²) < 4.78 is 0. The van der Waals surface area contributed by atoms with Crippen LogP contribution in [0.25, 0.3) is 0 Å². The minimum Gasteiger partial charge on any atom is -0.480 e. The lowest BCUT2D eigenvalue weighted by atomic mass is 10.0. The molecule has 0 aromatic rings. The van der Waals surface area contributed by atoms with Gasteiger partial charge in [0.15, 0.2) is 0 Å². The molecule has 0 aromatic carbocycles. The summed E-state index contributed by atoms with van der Waals surface area (Å²) in [5, 5.41) is 9.32. The molecule has 1 aliphatic carbocycles. The van der Waals surface area contributed by atoms with Crippen LogP contribution in [0, 0.1) is 5.92 Å². The largest absolute Gasteiger partial charge is 0.480 e. The molecule has 2 nitrogen and oxygen atoms in total. The molecule has 0 radical (unpaired) electrons. The van der Waals surface area contributed by atoms with E-state index < -0.39 is 5.97 Å². The highest BCUT2D eigenvalue weighted by Crippen LogP contribution is 2.35. The zero-order valence-electron chi connectivity index (χ0n) is 8.32. The molecule has 0 spiro atoms. The van der Waals surface area contributed by atoms with Gasteiger partial charge < -0.3 is 5.11 Å². The number of carbonyl (C=O) groups is 1. The van der Waals surface area contributed by atoms with Crippen LogP contribution in [0.4, 0.5) is 0 Å². The Bertz CT molecular complexity index is 174. The van der Waals surface area contributed by atoms with Crippen LogP contribution in [0.2, 0.25) is 0 Å². The van der Waals surface area contributed by atoms with E-state index in [-0.39, 0.29) is 5.25 Å². The van der Waals surface area contributed by atoms with Crippen LogP contribution >= 0.6 is 11.8 Å². The number of hydrogen-bond donors (Lipinski definition) is 1. The van der Waals surface area contributed by atoms with E-state index in [9.17, 15) is 4.79 Å². The second kappa shape index (κ2) is 4.89. The number of rotatable bonds is 4. The Hall–Kier alpha value is -0.180. The number of thioether (sulfide) groups is 1. The lowest BCUT2D eigenvalue weighted by Crippen LogP contribution is -2.26. The molecular formula is C10H18O2S. The summed E-state index contributed by atoms with van der Waals surface area (Å²) in [6, 6.07) is 0. The smallest absolute Gasteiger partial charge is 0.316 e. The predicted octanol–water partition coefficient (Wildman–Crippen LogP) is 2.77. The van der Waals surface area contributed by atoms with Crippen LogP contribution in [-0.2, 0) is 4.79 Å². The first-order valence-electron chi connectivity index (χ1n) is 4.99. The number of carboxylic acids is 1. The molecule has 1 N–H and O–H groups in total. The van der Waals surface area contributed by atoms with E-state index in [0.29, 0.717) is 11.2 Å². The quantitative estimate of drug-likeness (QED) is 0.761. The second-order valence-corrected chi connectivity index (χ2v) is 5.71. The summed E-state index contributed by atoms with van der Waals surface area (Å²) in [5.41, 5.74) is 0. The molecular weight excluding hydrogens is 184 g/mol. The molecule has 1 fully saturated rings. The van der Waals surface area contributed by atoms with Crippen LogP contribution in [0.5, 0.6) is 0 Å². The molecule has 0 heterocycles. The third kappa shape index (κ3) is 3.22. The molecule has 1 unspecified atom stereocenters. The van der Waals surface area contributed by atoms with Gasteiger partial charge in [0.1, 0.15) is 5.25 Å². The molecule has 0 aliphatic heterocycles. The van der Waals surface area contributed by atoms with Crippen LogP contribution in [0.1, 0.15) is 39.5 Å². The Labute approximate surface area is 84.1 Å². The van der Waals surface area contributed by atoms with Gasteiger partial charge in [0.2, 0.25) is 0 Å². The molecule has 0 bridgehead atoms. The standard InChI is InChI=1S/C10H18O2S/c1-7(2)13-9(10(11)12)8-5-3-4-6-8/h7-9H,3-6H2,1-2H3,(H,11,12). The molecule has 0 aromatic heterocycles. The van der Waals surface area contributed by atoms with Gasteiger partial charge in [-0.05, 0) is 24.0 Å². The highest BCUT2D eigenvalue weighted by Gasteiger charge is 2.31. The van der Waals surface area contributed by atoms with E-state index in [2.05, 4.69) is 13.8 Å². The summed E-state index contributed by atoms with van der Waals surface area (Å²) in [5.74, 6) is -0.199. The minimum atomic E-state index is -0.620. The van der Waals surface area contributed by atoms with Crippen LogP contribution in [0.15, 0.2) is 0 Å². The topological polar surface area (TPSA) is 37.3 Å². The van der Waals surface area contributed by atoms with Gasteiger partial charge in [-0.1, -0.05) is 26.7 Å². The predicted molar refractivity (Wildman–Crippen MR) is 56.1 cm³/mol. The monoisotopic (exact) mass is 202 g/mol.